The van der Waals surface area contributed by atoms with Gasteiger partial charge in [-0.3, -0.25) is 14.4 Å². The van der Waals surface area contributed by atoms with Crippen molar-refractivity contribution in [3.63, 3.8) is 0 Å². The van der Waals surface area contributed by atoms with E-state index in [1.54, 1.807) is 72.8 Å². The molecule has 48 heavy (non-hydrogen) atoms. The second-order valence-corrected chi connectivity index (χ2v) is 12.2. The van der Waals surface area contributed by atoms with Gasteiger partial charge in [0.1, 0.15) is 10.9 Å². The average Bonchev–Trinajstić information content (AvgIpc) is 3.10. The quantitative estimate of drug-likeness (QED) is 0.0811. The second kappa shape index (κ2) is 16.0. The number of carboxylic acids is 1. The zero-order valence-corrected chi connectivity index (χ0v) is 27.4. The Kier molecular flexibility index (Phi) is 11.3. The number of hydrogen-bond donors (Lipinski definition) is 4. The molecule has 240 valence electrons. The van der Waals surface area contributed by atoms with Crippen molar-refractivity contribution in [3.05, 3.63) is 165 Å². The zero-order chi connectivity index (χ0) is 34.0. The number of anilines is 2. The molecule has 5 aromatic carbocycles. The third kappa shape index (κ3) is 8.92. The predicted molar refractivity (Wildman–Crippen MR) is 190 cm³/mol. The Balaban J connectivity index is 1.33. The van der Waals surface area contributed by atoms with Crippen molar-refractivity contribution in [2.24, 2.45) is 0 Å². The smallest absolute Gasteiger partial charge is 0.335 e. The highest BCUT2D eigenvalue weighted by Gasteiger charge is 2.23. The maximum absolute atomic E-state index is 13.5. The molecule has 0 aliphatic heterocycles. The first-order valence-electron chi connectivity index (χ1n) is 14.5. The summed E-state index contributed by atoms with van der Waals surface area (Å²) in [6.07, 6.45) is 1.45. The van der Waals surface area contributed by atoms with E-state index in [1.165, 1.54) is 42.1 Å². The van der Waals surface area contributed by atoms with Crippen LogP contribution in [0.5, 0.6) is 0 Å². The second-order valence-electron chi connectivity index (χ2n) is 10.3. The van der Waals surface area contributed by atoms with Crippen LogP contribution in [0.25, 0.3) is 6.08 Å². The minimum absolute atomic E-state index is 0.0522. The number of carboxylic acid groups (broad SMARTS) is 1. The van der Waals surface area contributed by atoms with Crippen LogP contribution >= 0.6 is 35.0 Å². The minimum Gasteiger partial charge on any atom is -0.478 e. The molecule has 0 saturated carbocycles. The minimum atomic E-state index is -1.06. The molecular weight excluding hydrogens is 669 g/mol. The zero-order valence-electron chi connectivity index (χ0n) is 25.0. The maximum atomic E-state index is 13.5. The Morgan fingerprint density at radius 3 is 1.92 bits per heavy atom. The molecule has 0 heterocycles. The Morgan fingerprint density at radius 1 is 0.667 bits per heavy atom. The fraction of sp³-hybridized carbons (Fsp3) is 0.0270. The SMILES string of the molecule is O=C(Nc1ccc(SC(C(=O)Nc2ccc(C(=O)O)cc2)c2ccccc2)cc1)/C(=C/c1cccc(Cl)c1Cl)NC(=O)c1ccccc1. The number of carbonyl (C=O) groups excluding carboxylic acids is 3. The van der Waals surface area contributed by atoms with Crippen molar-refractivity contribution in [1.82, 2.24) is 5.32 Å². The molecule has 0 aliphatic carbocycles. The first-order valence-corrected chi connectivity index (χ1v) is 16.1. The van der Waals surface area contributed by atoms with Gasteiger partial charge in [0.25, 0.3) is 11.8 Å². The van der Waals surface area contributed by atoms with E-state index in [-0.39, 0.29) is 22.2 Å². The van der Waals surface area contributed by atoms with E-state index in [4.69, 9.17) is 28.3 Å². The van der Waals surface area contributed by atoms with Gasteiger partial charge in [0.15, 0.2) is 0 Å². The van der Waals surface area contributed by atoms with Crippen LogP contribution in [0.1, 0.15) is 37.1 Å². The Hall–Kier alpha value is -5.35. The van der Waals surface area contributed by atoms with Gasteiger partial charge in [-0.05, 0) is 83.9 Å². The molecule has 0 radical (unpaired) electrons. The summed E-state index contributed by atoms with van der Waals surface area (Å²) in [6, 6.07) is 35.5. The van der Waals surface area contributed by atoms with Gasteiger partial charge < -0.3 is 21.1 Å². The van der Waals surface area contributed by atoms with E-state index in [0.29, 0.717) is 27.5 Å². The van der Waals surface area contributed by atoms with Crippen molar-refractivity contribution >= 4 is 76.1 Å². The Labute approximate surface area is 290 Å². The van der Waals surface area contributed by atoms with Gasteiger partial charge in [-0.25, -0.2) is 4.79 Å². The van der Waals surface area contributed by atoms with Crippen LogP contribution < -0.4 is 16.0 Å². The topological polar surface area (TPSA) is 125 Å². The van der Waals surface area contributed by atoms with E-state index >= 15 is 0 Å². The molecule has 8 nitrogen and oxygen atoms in total. The number of amides is 3. The lowest BCUT2D eigenvalue weighted by Crippen LogP contribution is -2.30. The van der Waals surface area contributed by atoms with E-state index in [9.17, 15) is 19.2 Å². The number of carbonyl (C=O) groups is 4. The monoisotopic (exact) mass is 695 g/mol. The molecule has 0 spiro atoms. The van der Waals surface area contributed by atoms with Crippen LogP contribution in [0, 0.1) is 0 Å². The summed E-state index contributed by atoms with van der Waals surface area (Å²) in [5, 5.41) is 17.4. The molecule has 0 fully saturated rings. The third-order valence-corrected chi connectivity index (χ3v) is 9.02. The predicted octanol–water partition coefficient (Wildman–Crippen LogP) is 8.57. The molecule has 1 atom stereocenters. The summed E-state index contributed by atoms with van der Waals surface area (Å²) in [5.41, 5.74) is 2.55. The molecule has 0 saturated heterocycles. The summed E-state index contributed by atoms with van der Waals surface area (Å²) in [7, 11) is 0. The van der Waals surface area contributed by atoms with Gasteiger partial charge in [0.05, 0.1) is 15.6 Å². The lowest BCUT2D eigenvalue weighted by atomic mass is 10.1. The van der Waals surface area contributed by atoms with Crippen LogP contribution in [-0.2, 0) is 9.59 Å². The average molecular weight is 697 g/mol. The molecule has 1 unspecified atom stereocenters. The molecule has 5 aromatic rings. The van der Waals surface area contributed by atoms with Crippen LogP contribution in [-0.4, -0.2) is 28.8 Å². The molecule has 11 heteroatoms. The first-order chi connectivity index (χ1) is 23.2. The first kappa shape index (κ1) is 34.0. The summed E-state index contributed by atoms with van der Waals surface area (Å²) in [6.45, 7) is 0. The molecule has 4 N–H and O–H groups in total. The Bertz CT molecular complexity index is 1970. The van der Waals surface area contributed by atoms with Crippen molar-refractivity contribution in [3.8, 4) is 0 Å². The number of rotatable bonds is 11. The van der Waals surface area contributed by atoms with E-state index in [2.05, 4.69) is 16.0 Å². The van der Waals surface area contributed by atoms with Crippen LogP contribution in [0.15, 0.2) is 138 Å². The van der Waals surface area contributed by atoms with Gasteiger partial charge >= 0.3 is 5.97 Å². The van der Waals surface area contributed by atoms with Crippen molar-refractivity contribution in [1.29, 1.82) is 0 Å². The summed E-state index contributed by atoms with van der Waals surface area (Å²) in [5.74, 6) is -2.42. The van der Waals surface area contributed by atoms with Crippen LogP contribution in [0.3, 0.4) is 0 Å². The largest absolute Gasteiger partial charge is 0.478 e. The molecule has 0 aromatic heterocycles. The van der Waals surface area contributed by atoms with E-state index in [1.807, 2.05) is 30.3 Å². The molecule has 0 aliphatic rings. The summed E-state index contributed by atoms with van der Waals surface area (Å²) < 4.78 is 0. The fourth-order valence-corrected chi connectivity index (χ4v) is 5.87. The highest BCUT2D eigenvalue weighted by molar-refractivity contribution is 8.00. The number of halogens is 2. The molecule has 5 rings (SSSR count). The fourth-order valence-electron chi connectivity index (χ4n) is 4.49. The van der Waals surface area contributed by atoms with Crippen molar-refractivity contribution < 1.29 is 24.3 Å². The molecule has 3 amide bonds. The lowest BCUT2D eigenvalue weighted by molar-refractivity contribution is -0.116. The van der Waals surface area contributed by atoms with Crippen LogP contribution in [0.2, 0.25) is 10.0 Å². The number of hydrogen-bond acceptors (Lipinski definition) is 5. The highest BCUT2D eigenvalue weighted by Crippen LogP contribution is 2.37. The normalized spacial score (nSPS) is 11.7. The highest BCUT2D eigenvalue weighted by atomic mass is 35.5. The number of benzene rings is 5. The standard InChI is InChI=1S/C37H27Cl2N3O5S/c38-30-13-7-12-26(32(30)39)22-31(42-34(43)24-10-5-2-6-11-24)35(44)40-28-18-20-29(21-19-28)48-33(23-8-3-1-4-9-23)36(45)41-27-16-14-25(15-17-27)37(46)47/h1-22,33H,(H,40,44)(H,41,45)(H,42,43)(H,46,47)/b31-22-. The van der Waals surface area contributed by atoms with Crippen molar-refractivity contribution in [2.45, 2.75) is 10.1 Å². The number of thioether (sulfide) groups is 1. The Morgan fingerprint density at radius 2 is 1.27 bits per heavy atom. The van der Waals surface area contributed by atoms with Crippen molar-refractivity contribution in [2.75, 3.05) is 10.6 Å². The summed E-state index contributed by atoms with van der Waals surface area (Å²) >= 11 is 13.9. The van der Waals surface area contributed by atoms with Gasteiger partial charge in [-0.15, -0.1) is 11.8 Å². The number of aromatic carboxylic acids is 1. The van der Waals surface area contributed by atoms with Gasteiger partial charge in [0.2, 0.25) is 5.91 Å². The number of nitrogens with one attached hydrogen (secondary N) is 3. The van der Waals surface area contributed by atoms with Gasteiger partial charge in [-0.1, -0.05) is 83.9 Å². The van der Waals surface area contributed by atoms with E-state index < -0.39 is 23.0 Å². The maximum Gasteiger partial charge on any atom is 0.335 e. The van der Waals surface area contributed by atoms with Gasteiger partial charge in [0, 0.05) is 21.8 Å². The van der Waals surface area contributed by atoms with E-state index in [0.717, 1.165) is 10.5 Å². The molecular formula is C37H27Cl2N3O5S. The van der Waals surface area contributed by atoms with Crippen LogP contribution in [0.4, 0.5) is 11.4 Å². The third-order valence-electron chi connectivity index (χ3n) is 6.92. The summed E-state index contributed by atoms with van der Waals surface area (Å²) in [4.78, 5) is 51.9. The lowest BCUT2D eigenvalue weighted by Gasteiger charge is -2.18. The molecule has 0 bridgehead atoms. The van der Waals surface area contributed by atoms with Gasteiger partial charge in [-0.2, -0.15) is 0 Å².